The van der Waals surface area contributed by atoms with E-state index in [1.54, 1.807) is 24.4 Å². The highest BCUT2D eigenvalue weighted by Crippen LogP contribution is 2.34. The average Bonchev–Trinajstić information content (AvgIpc) is 3.51. The van der Waals surface area contributed by atoms with Gasteiger partial charge in [0.1, 0.15) is 5.82 Å². The zero-order valence-electron chi connectivity index (χ0n) is 21.8. The molecule has 0 spiro atoms. The molecule has 0 atom stereocenters. The van der Waals surface area contributed by atoms with Crippen LogP contribution in [0.5, 0.6) is 0 Å². The monoisotopic (exact) mass is 494 g/mol. The Bertz CT molecular complexity index is 1570. The van der Waals surface area contributed by atoms with Gasteiger partial charge in [-0.05, 0) is 36.8 Å². The zero-order valence-corrected chi connectivity index (χ0v) is 21.8. The summed E-state index contributed by atoms with van der Waals surface area (Å²) >= 11 is 0. The SMILES string of the molecule is C=C/C=C(/c1ccccc1F)c1cc(-c2[nH]nc3ncc(-c4cncc(N(C)C)c4)cc23)[nH]c1C.CC. The first-order valence-electron chi connectivity index (χ1n) is 12.2. The van der Waals surface area contributed by atoms with Gasteiger partial charge in [0.15, 0.2) is 5.65 Å². The molecule has 0 aliphatic carbocycles. The van der Waals surface area contributed by atoms with Gasteiger partial charge in [-0.15, -0.1) is 0 Å². The van der Waals surface area contributed by atoms with Crippen LogP contribution in [-0.4, -0.2) is 39.2 Å². The first-order valence-corrected chi connectivity index (χ1v) is 12.2. The Kier molecular flexibility index (Phi) is 7.63. The summed E-state index contributed by atoms with van der Waals surface area (Å²) in [4.78, 5) is 14.4. The summed E-state index contributed by atoms with van der Waals surface area (Å²) in [5.41, 5.74) is 8.26. The molecule has 4 heterocycles. The molecule has 0 saturated carbocycles. The third kappa shape index (κ3) is 5.07. The number of hydrogen-bond acceptors (Lipinski definition) is 4. The molecular weight excluding hydrogens is 463 g/mol. The topological polar surface area (TPSA) is 73.5 Å². The zero-order chi connectivity index (χ0) is 26.5. The first-order chi connectivity index (χ1) is 18.0. The number of nitrogens with one attached hydrogen (secondary N) is 2. The minimum atomic E-state index is -0.280. The number of benzene rings is 1. The van der Waals surface area contributed by atoms with Crippen LogP contribution in [-0.2, 0) is 0 Å². The number of allylic oxidation sites excluding steroid dienone is 2. The number of rotatable bonds is 6. The lowest BCUT2D eigenvalue weighted by Gasteiger charge is -2.12. The van der Waals surface area contributed by atoms with Crippen LogP contribution in [0.2, 0.25) is 0 Å². The summed E-state index contributed by atoms with van der Waals surface area (Å²) < 4.78 is 14.6. The van der Waals surface area contributed by atoms with Gasteiger partial charge in [-0.1, -0.05) is 50.8 Å². The van der Waals surface area contributed by atoms with Crippen molar-refractivity contribution < 1.29 is 4.39 Å². The van der Waals surface area contributed by atoms with Crippen LogP contribution in [0.3, 0.4) is 0 Å². The third-order valence-electron chi connectivity index (χ3n) is 6.01. The van der Waals surface area contributed by atoms with E-state index in [0.29, 0.717) is 11.2 Å². The molecule has 0 aliphatic rings. The lowest BCUT2D eigenvalue weighted by molar-refractivity contribution is 0.624. The van der Waals surface area contributed by atoms with Crippen LogP contribution < -0.4 is 4.90 Å². The molecule has 0 radical (unpaired) electrons. The molecule has 37 heavy (non-hydrogen) atoms. The van der Waals surface area contributed by atoms with Gasteiger partial charge in [0.05, 0.1) is 23.3 Å². The van der Waals surface area contributed by atoms with Crippen molar-refractivity contribution in [1.82, 2.24) is 25.1 Å². The number of halogens is 1. The molecule has 1 aromatic carbocycles. The fourth-order valence-electron chi connectivity index (χ4n) is 4.19. The van der Waals surface area contributed by atoms with Crippen LogP contribution in [0.15, 0.2) is 79.8 Å². The van der Waals surface area contributed by atoms with E-state index >= 15 is 0 Å². The molecule has 5 rings (SSSR count). The Balaban J connectivity index is 0.00000156. The number of aryl methyl sites for hydroxylation is 1. The van der Waals surface area contributed by atoms with Gasteiger partial charge in [-0.25, -0.2) is 9.37 Å². The lowest BCUT2D eigenvalue weighted by atomic mass is 9.97. The van der Waals surface area contributed by atoms with Crippen molar-refractivity contribution in [2.45, 2.75) is 20.8 Å². The quantitative estimate of drug-likeness (QED) is 0.245. The number of anilines is 1. The van der Waals surface area contributed by atoms with Crippen molar-refractivity contribution >= 4 is 22.3 Å². The van der Waals surface area contributed by atoms with E-state index in [4.69, 9.17) is 0 Å². The predicted molar refractivity (Wildman–Crippen MR) is 151 cm³/mol. The minimum Gasteiger partial charge on any atom is -0.376 e. The number of fused-ring (bicyclic) bond motifs is 1. The van der Waals surface area contributed by atoms with Gasteiger partial charge in [-0.3, -0.25) is 10.1 Å². The van der Waals surface area contributed by atoms with Gasteiger partial charge in [0, 0.05) is 59.8 Å². The Morgan fingerprint density at radius 1 is 1.00 bits per heavy atom. The lowest BCUT2D eigenvalue weighted by Crippen LogP contribution is -2.08. The van der Waals surface area contributed by atoms with E-state index in [9.17, 15) is 4.39 Å². The minimum absolute atomic E-state index is 0.280. The van der Waals surface area contributed by atoms with Crippen LogP contribution in [0, 0.1) is 12.7 Å². The maximum absolute atomic E-state index is 14.6. The standard InChI is InChI=1S/C28H25FN6.C2H6/c1-5-8-21(22-9-6-7-10-25(22)29)23-13-26(32-17(23)2)27-24-12-19(15-31-28(24)34-33-27)18-11-20(35(3)4)16-30-14-18;1-2/h5-16,32H,1H2,2-4H3,(H,31,33,34);1-2H3/b21-8-;. The highest BCUT2D eigenvalue weighted by molar-refractivity contribution is 5.94. The molecule has 6 nitrogen and oxygen atoms in total. The average molecular weight is 495 g/mol. The Hall–Kier alpha value is -4.52. The smallest absolute Gasteiger partial charge is 0.181 e. The van der Waals surface area contributed by atoms with Crippen molar-refractivity contribution in [3.8, 4) is 22.5 Å². The Labute approximate surface area is 216 Å². The Morgan fingerprint density at radius 3 is 2.49 bits per heavy atom. The maximum Gasteiger partial charge on any atom is 0.181 e. The second-order valence-corrected chi connectivity index (χ2v) is 8.54. The molecular formula is C30H31FN6. The first kappa shape index (κ1) is 25.6. The number of aromatic amines is 2. The van der Waals surface area contributed by atoms with E-state index in [1.807, 2.05) is 70.4 Å². The summed E-state index contributed by atoms with van der Waals surface area (Å²) in [6, 6.07) is 12.9. The molecule has 5 aromatic rings. The summed E-state index contributed by atoms with van der Waals surface area (Å²) in [7, 11) is 3.97. The molecule has 0 unspecified atom stereocenters. The van der Waals surface area contributed by atoms with Gasteiger partial charge in [0.2, 0.25) is 0 Å². The number of aromatic nitrogens is 5. The van der Waals surface area contributed by atoms with Crippen LogP contribution in [0.4, 0.5) is 10.1 Å². The van der Waals surface area contributed by atoms with E-state index in [0.717, 1.165) is 50.4 Å². The normalized spacial score (nSPS) is 11.2. The van der Waals surface area contributed by atoms with Gasteiger partial charge >= 0.3 is 0 Å². The predicted octanol–water partition coefficient (Wildman–Crippen LogP) is 7.17. The Morgan fingerprint density at radius 2 is 1.76 bits per heavy atom. The largest absolute Gasteiger partial charge is 0.376 e. The summed E-state index contributed by atoms with van der Waals surface area (Å²) in [6.07, 6.45) is 8.95. The van der Waals surface area contributed by atoms with E-state index in [1.165, 1.54) is 6.07 Å². The number of nitrogens with zero attached hydrogens (tertiary/aromatic N) is 4. The molecule has 0 amide bonds. The van der Waals surface area contributed by atoms with Crippen molar-refractivity contribution in [1.29, 1.82) is 0 Å². The van der Waals surface area contributed by atoms with E-state index in [-0.39, 0.29) is 5.82 Å². The number of hydrogen-bond donors (Lipinski definition) is 2. The molecule has 7 heteroatoms. The number of H-pyrrole nitrogens is 2. The fourth-order valence-corrected chi connectivity index (χ4v) is 4.19. The summed E-state index contributed by atoms with van der Waals surface area (Å²) in [6.45, 7) is 9.79. The van der Waals surface area contributed by atoms with Gasteiger partial charge in [0.25, 0.3) is 0 Å². The highest BCUT2D eigenvalue weighted by Gasteiger charge is 2.18. The van der Waals surface area contributed by atoms with E-state index < -0.39 is 0 Å². The van der Waals surface area contributed by atoms with Crippen LogP contribution in [0.25, 0.3) is 39.1 Å². The molecule has 2 N–H and O–H groups in total. The number of pyridine rings is 2. The van der Waals surface area contributed by atoms with Crippen LogP contribution in [0.1, 0.15) is 30.7 Å². The van der Waals surface area contributed by atoms with Crippen molar-refractivity contribution in [3.63, 3.8) is 0 Å². The van der Waals surface area contributed by atoms with Crippen molar-refractivity contribution in [2.75, 3.05) is 19.0 Å². The summed E-state index contributed by atoms with van der Waals surface area (Å²) in [5, 5.41) is 8.40. The van der Waals surface area contributed by atoms with E-state index in [2.05, 4.69) is 43.9 Å². The molecule has 0 aliphatic heterocycles. The third-order valence-corrected chi connectivity index (χ3v) is 6.01. The van der Waals surface area contributed by atoms with Gasteiger partial charge in [-0.2, -0.15) is 5.10 Å². The molecule has 188 valence electrons. The molecule has 0 bridgehead atoms. The molecule has 4 aromatic heterocycles. The maximum atomic E-state index is 14.6. The van der Waals surface area contributed by atoms with Crippen molar-refractivity contribution in [3.05, 3.63) is 102 Å². The molecule has 0 fully saturated rings. The van der Waals surface area contributed by atoms with Gasteiger partial charge < -0.3 is 9.88 Å². The van der Waals surface area contributed by atoms with Crippen molar-refractivity contribution in [2.24, 2.45) is 0 Å². The van der Waals surface area contributed by atoms with Crippen LogP contribution >= 0.6 is 0 Å². The highest BCUT2D eigenvalue weighted by atomic mass is 19.1. The molecule has 0 saturated heterocycles. The summed E-state index contributed by atoms with van der Waals surface area (Å²) in [5.74, 6) is -0.280. The second kappa shape index (κ2) is 11.0. The fraction of sp³-hybridized carbons (Fsp3) is 0.167. The second-order valence-electron chi connectivity index (χ2n) is 8.54.